The van der Waals surface area contributed by atoms with Gasteiger partial charge in [0, 0.05) is 25.1 Å². The molecule has 2 N–H and O–H groups in total. The van der Waals surface area contributed by atoms with Gasteiger partial charge >= 0.3 is 12.0 Å². The number of imide groups is 1. The highest BCUT2D eigenvalue weighted by molar-refractivity contribution is 7.99. The fraction of sp³-hybridized carbons (Fsp3) is 0.267. The van der Waals surface area contributed by atoms with Crippen molar-refractivity contribution in [3.05, 3.63) is 83.7 Å². The highest BCUT2D eigenvalue weighted by atomic mass is 32.2. The molecule has 0 saturated carbocycles. The summed E-state index contributed by atoms with van der Waals surface area (Å²) < 4.78 is 2.22. The molecule has 0 aliphatic carbocycles. The summed E-state index contributed by atoms with van der Waals surface area (Å²) in [5.74, 6) is 0.984. The number of carboxylic acid groups (broad SMARTS) is 1. The molecule has 198 valence electrons. The molecule has 2 aliphatic rings. The van der Waals surface area contributed by atoms with Gasteiger partial charge in [0.25, 0.3) is 5.91 Å². The van der Waals surface area contributed by atoms with E-state index in [0.29, 0.717) is 23.7 Å². The van der Waals surface area contributed by atoms with Crippen LogP contribution in [0.4, 0.5) is 10.5 Å². The fourth-order valence-electron chi connectivity index (χ4n) is 5.67. The monoisotopic (exact) mass is 541 g/mol. The Kier molecular flexibility index (Phi) is 6.48. The first-order valence-corrected chi connectivity index (χ1v) is 14.3. The van der Waals surface area contributed by atoms with Crippen LogP contribution < -0.4 is 9.80 Å². The minimum absolute atomic E-state index is 0.00654. The number of fused-ring (bicyclic) bond motifs is 2. The van der Waals surface area contributed by atoms with Gasteiger partial charge < -0.3 is 9.67 Å². The Bertz CT molecular complexity index is 1610. The molecule has 0 spiro atoms. The van der Waals surface area contributed by atoms with Gasteiger partial charge in [0.1, 0.15) is 17.4 Å². The molecule has 0 bridgehead atoms. The molecule has 2 saturated heterocycles. The number of nitrogens with zero attached hydrogens (tertiary/aromatic N) is 3. The van der Waals surface area contributed by atoms with E-state index in [2.05, 4.69) is 16.8 Å². The number of urea groups is 1. The van der Waals surface area contributed by atoms with E-state index in [1.54, 1.807) is 23.9 Å². The molecule has 3 aromatic carbocycles. The van der Waals surface area contributed by atoms with Crippen LogP contribution in [0.25, 0.3) is 22.2 Å². The molecule has 2 fully saturated rings. The molecule has 3 heterocycles. The summed E-state index contributed by atoms with van der Waals surface area (Å²) in [7, 11) is 0. The topological polar surface area (TPSA) is 101 Å². The Morgan fingerprint density at radius 1 is 1.13 bits per heavy atom. The van der Waals surface area contributed by atoms with E-state index in [1.165, 1.54) is 0 Å². The molecular weight excluding hydrogens is 512 g/mol. The SMILES string of the molecule is CCCCc1nc2ccc([N+]34CSCC3C(=O)NC4=O)cc2n1Cc1ccc(-c2ccccc2C(=O)O)cc1. The van der Waals surface area contributed by atoms with Gasteiger partial charge in [-0.15, -0.1) is 0 Å². The van der Waals surface area contributed by atoms with Crippen molar-refractivity contribution in [2.45, 2.75) is 38.8 Å². The fourth-order valence-corrected chi connectivity index (χ4v) is 7.14. The van der Waals surface area contributed by atoms with Gasteiger partial charge in [-0.2, -0.15) is 4.48 Å². The molecule has 4 aromatic rings. The summed E-state index contributed by atoms with van der Waals surface area (Å²) in [6, 6.07) is 20.2. The number of carboxylic acids is 1. The third-order valence-electron chi connectivity index (χ3n) is 7.79. The number of hydrogen-bond acceptors (Lipinski definition) is 5. The Morgan fingerprint density at radius 2 is 1.92 bits per heavy atom. The smallest absolute Gasteiger partial charge is 0.429 e. The predicted octanol–water partition coefficient (Wildman–Crippen LogP) is 5.42. The second-order valence-corrected chi connectivity index (χ2v) is 11.1. The maximum Gasteiger partial charge on any atom is 0.429 e. The number of hydrogen-bond donors (Lipinski definition) is 2. The summed E-state index contributed by atoms with van der Waals surface area (Å²) >= 11 is 1.63. The van der Waals surface area contributed by atoms with Gasteiger partial charge in [0.05, 0.1) is 22.3 Å². The first-order valence-electron chi connectivity index (χ1n) is 13.1. The lowest BCUT2D eigenvalue weighted by Gasteiger charge is -2.27. The van der Waals surface area contributed by atoms with Crippen LogP contribution in [0, 0.1) is 0 Å². The summed E-state index contributed by atoms with van der Waals surface area (Å²) in [4.78, 5) is 42.2. The minimum atomic E-state index is -0.950. The van der Waals surface area contributed by atoms with Crippen molar-refractivity contribution in [2.75, 3.05) is 11.6 Å². The third-order valence-corrected chi connectivity index (χ3v) is 8.93. The zero-order valence-electron chi connectivity index (χ0n) is 21.6. The lowest BCUT2D eigenvalue weighted by atomic mass is 9.99. The van der Waals surface area contributed by atoms with Gasteiger partial charge in [0.15, 0.2) is 6.04 Å². The van der Waals surface area contributed by atoms with Crippen LogP contribution in [0.15, 0.2) is 66.7 Å². The second kappa shape index (κ2) is 9.98. The van der Waals surface area contributed by atoms with Crippen LogP contribution in [0.2, 0.25) is 0 Å². The number of aryl methyl sites for hydroxylation is 1. The van der Waals surface area contributed by atoms with Crippen LogP contribution in [-0.2, 0) is 17.8 Å². The summed E-state index contributed by atoms with van der Waals surface area (Å²) in [5, 5.41) is 12.1. The van der Waals surface area contributed by atoms with E-state index in [9.17, 15) is 19.5 Å². The number of quaternary nitrogens is 1. The number of thioether (sulfide) groups is 1. The van der Waals surface area contributed by atoms with E-state index < -0.39 is 12.0 Å². The largest absolute Gasteiger partial charge is 0.478 e. The van der Waals surface area contributed by atoms with Crippen LogP contribution in [0.3, 0.4) is 0 Å². The van der Waals surface area contributed by atoms with Crippen molar-refractivity contribution < 1.29 is 19.5 Å². The number of benzene rings is 3. The van der Waals surface area contributed by atoms with E-state index in [4.69, 9.17) is 4.98 Å². The Hall–Kier alpha value is -3.95. The van der Waals surface area contributed by atoms with Crippen molar-refractivity contribution in [2.24, 2.45) is 0 Å². The molecular formula is C30H29N4O4S+. The van der Waals surface area contributed by atoms with Crippen LogP contribution >= 0.6 is 11.8 Å². The van der Waals surface area contributed by atoms with Gasteiger partial charge in [-0.1, -0.05) is 67.6 Å². The zero-order chi connectivity index (χ0) is 27.1. The van der Waals surface area contributed by atoms with Gasteiger partial charge in [-0.05, 0) is 35.2 Å². The van der Waals surface area contributed by atoms with E-state index in [0.717, 1.165) is 52.9 Å². The Labute approximate surface area is 230 Å². The molecule has 2 atom stereocenters. The van der Waals surface area contributed by atoms with Gasteiger partial charge in [-0.3, -0.25) is 4.79 Å². The molecule has 9 heteroatoms. The summed E-state index contributed by atoms with van der Waals surface area (Å²) in [6.45, 7) is 2.74. The van der Waals surface area contributed by atoms with Gasteiger partial charge in [-0.25, -0.2) is 19.9 Å². The molecule has 39 heavy (non-hydrogen) atoms. The lowest BCUT2D eigenvalue weighted by molar-refractivity contribution is -0.120. The van der Waals surface area contributed by atoms with Gasteiger partial charge in [0.2, 0.25) is 0 Å². The number of nitrogens with one attached hydrogen (secondary N) is 1. The maximum atomic E-state index is 13.0. The molecule has 3 amide bonds. The predicted molar refractivity (Wildman–Crippen MR) is 153 cm³/mol. The number of unbranched alkanes of at least 4 members (excludes halogenated alkanes) is 1. The van der Waals surface area contributed by atoms with Crippen LogP contribution in [0.1, 0.15) is 41.5 Å². The first kappa shape index (κ1) is 25.3. The quantitative estimate of drug-likeness (QED) is 0.228. The maximum absolute atomic E-state index is 13.0. The van der Waals surface area contributed by atoms with Crippen molar-refractivity contribution in [3.8, 4) is 11.1 Å². The minimum Gasteiger partial charge on any atom is -0.478 e. The number of aromatic carboxylic acids is 1. The van der Waals surface area contributed by atoms with E-state index in [1.807, 2.05) is 54.6 Å². The lowest BCUT2D eigenvalue weighted by Crippen LogP contribution is -2.54. The Morgan fingerprint density at radius 3 is 2.69 bits per heavy atom. The average Bonchev–Trinajstić information content (AvgIpc) is 3.61. The Balaban J connectivity index is 1.39. The van der Waals surface area contributed by atoms with Crippen LogP contribution in [-0.4, -0.2) is 50.2 Å². The molecule has 6 rings (SSSR count). The third kappa shape index (κ3) is 4.22. The van der Waals surface area contributed by atoms with E-state index in [-0.39, 0.29) is 22.0 Å². The number of rotatable bonds is 8. The molecule has 8 nitrogen and oxygen atoms in total. The first-order chi connectivity index (χ1) is 18.9. The standard InChI is InChI=1S/C30H28N4O4S/c1-2-3-8-27-31-24-14-13-21(34-18-39-17-26(34)28(35)32-30(34)38)15-25(24)33(27)16-19-9-11-20(12-10-19)22-6-4-5-7-23(22)29(36)37/h4-7,9-15,26H,2-3,8,16-18H2,1H3,(H-,32,35,36,37,38)/p+1. The molecule has 2 aliphatic heterocycles. The zero-order valence-corrected chi connectivity index (χ0v) is 22.4. The number of aromatic nitrogens is 2. The number of imidazole rings is 1. The molecule has 0 radical (unpaired) electrons. The highest BCUT2D eigenvalue weighted by Gasteiger charge is 2.60. The summed E-state index contributed by atoms with van der Waals surface area (Å²) in [6.07, 6.45) is 2.89. The van der Waals surface area contributed by atoms with Crippen molar-refractivity contribution in [1.29, 1.82) is 0 Å². The normalized spacial score (nSPS) is 20.4. The molecule has 2 unspecified atom stereocenters. The number of carbonyl (C=O) groups excluding carboxylic acids is 2. The van der Waals surface area contributed by atoms with Crippen molar-refractivity contribution in [3.63, 3.8) is 0 Å². The molecule has 1 aromatic heterocycles. The van der Waals surface area contributed by atoms with E-state index >= 15 is 0 Å². The number of amides is 3. The second-order valence-electron chi connectivity index (χ2n) is 10.1. The van der Waals surface area contributed by atoms with Crippen LogP contribution in [0.5, 0.6) is 0 Å². The van der Waals surface area contributed by atoms with Crippen molar-refractivity contribution in [1.82, 2.24) is 19.4 Å². The van der Waals surface area contributed by atoms with Crippen molar-refractivity contribution >= 4 is 46.4 Å². The summed E-state index contributed by atoms with van der Waals surface area (Å²) in [5.41, 5.74) is 5.48. The highest BCUT2D eigenvalue weighted by Crippen LogP contribution is 2.41. The average molecular weight is 542 g/mol. The number of carbonyl (C=O) groups is 3.